The van der Waals surface area contributed by atoms with Gasteiger partial charge in [-0.05, 0) is 127 Å². The maximum atomic E-state index is 15.4. The van der Waals surface area contributed by atoms with Gasteiger partial charge in [-0.15, -0.1) is 0 Å². The number of carbonyl (C=O) groups is 5. The molecule has 0 bridgehead atoms. The van der Waals surface area contributed by atoms with Crippen LogP contribution in [0.4, 0.5) is 11.5 Å². The molecule has 1 unspecified atom stereocenters. The minimum Gasteiger partial charge on any atom is -0.473 e. The molecule has 75 heavy (non-hydrogen) atoms. The van der Waals surface area contributed by atoms with Gasteiger partial charge in [0, 0.05) is 105 Å². The van der Waals surface area contributed by atoms with E-state index in [0.717, 1.165) is 96.5 Å². The Hall–Kier alpha value is -5.94. The molecule has 7 aliphatic heterocycles. The van der Waals surface area contributed by atoms with Gasteiger partial charge in [-0.3, -0.25) is 29.3 Å². The van der Waals surface area contributed by atoms with Gasteiger partial charge in [-0.1, -0.05) is 31.5 Å². The third kappa shape index (κ3) is 9.26. The van der Waals surface area contributed by atoms with E-state index in [1.807, 2.05) is 28.3 Å². The average Bonchev–Trinajstić information content (AvgIpc) is 3.98. The molecular weight excluding hydrogens is 949 g/mol. The van der Waals surface area contributed by atoms with Crippen LogP contribution in [0.5, 0.6) is 5.88 Å². The highest BCUT2D eigenvalue weighted by molar-refractivity contribution is 6.09. The fourth-order valence-corrected chi connectivity index (χ4v) is 13.9. The molecule has 1 saturated carbocycles. The van der Waals surface area contributed by atoms with Crippen molar-refractivity contribution < 1.29 is 33.4 Å². The Bertz CT molecular complexity index is 2820. The molecule has 1 atom stereocenters. The molecule has 1 aliphatic carbocycles. The molecule has 3 aromatic heterocycles. The standard InChI is InChI=1S/C58H74N10O7/c1-37(2)67-36-60-47-34-46(61-53(51(47)67)75-43-15-29-74-30-16-43)39-7-10-45-48(31-39)68(42-32-41(33-42)63-21-5-4-6-22-63)56(73)58(45)19-27-66(28-20-58)55(72)57(3)17-25-65(26-18-57)54(71)38-13-23-64(24-14-38)49-11-8-40(35-59-49)44-9-12-50(69)62-52(44)70/h7-8,10-11,31,34-38,41-44H,4-6,9,12-30,32-33H2,1-3H3,(H,62,69,70)/t41-,42+,44?. The summed E-state index contributed by atoms with van der Waals surface area (Å²) < 4.78 is 14.5. The van der Waals surface area contributed by atoms with Crippen molar-refractivity contribution in [3.8, 4) is 17.1 Å². The monoisotopic (exact) mass is 1020 g/mol. The van der Waals surface area contributed by atoms with Crippen molar-refractivity contribution in [2.24, 2.45) is 11.3 Å². The Morgan fingerprint density at radius 3 is 2.23 bits per heavy atom. The van der Waals surface area contributed by atoms with E-state index < -0.39 is 10.8 Å². The molecule has 398 valence electrons. The maximum absolute atomic E-state index is 15.4. The van der Waals surface area contributed by atoms with Gasteiger partial charge in [-0.2, -0.15) is 0 Å². The van der Waals surface area contributed by atoms with Crippen LogP contribution < -0.4 is 19.9 Å². The number of amides is 5. The number of piperidine rings is 5. The first-order valence-electron chi connectivity index (χ1n) is 28.3. The summed E-state index contributed by atoms with van der Waals surface area (Å²) in [5.41, 5.74) is 4.97. The van der Waals surface area contributed by atoms with Crippen molar-refractivity contribution in [3.05, 3.63) is 60.0 Å². The van der Waals surface area contributed by atoms with Crippen LogP contribution in [0.2, 0.25) is 0 Å². The van der Waals surface area contributed by atoms with Gasteiger partial charge in [0.25, 0.3) is 0 Å². The summed E-state index contributed by atoms with van der Waals surface area (Å²) in [4.78, 5) is 93.7. The topological polar surface area (TPSA) is 176 Å². The molecule has 5 amide bonds. The average molecular weight is 1020 g/mol. The second-order valence-electron chi connectivity index (χ2n) is 23.6. The number of rotatable bonds is 10. The molecule has 1 spiro atoms. The highest BCUT2D eigenvalue weighted by Crippen LogP contribution is 2.53. The van der Waals surface area contributed by atoms with Crippen molar-refractivity contribution in [2.45, 2.75) is 153 Å². The number of hydrogen-bond acceptors (Lipinski definition) is 12. The van der Waals surface area contributed by atoms with Crippen LogP contribution in [-0.2, 0) is 34.1 Å². The van der Waals surface area contributed by atoms with Gasteiger partial charge in [0.1, 0.15) is 17.4 Å². The molecule has 1 N–H and O–H groups in total. The Morgan fingerprint density at radius 1 is 0.800 bits per heavy atom. The van der Waals surface area contributed by atoms with Gasteiger partial charge in [0.05, 0.1) is 42.1 Å². The van der Waals surface area contributed by atoms with Crippen molar-refractivity contribution in [3.63, 3.8) is 0 Å². The van der Waals surface area contributed by atoms with E-state index in [0.29, 0.717) is 103 Å². The summed E-state index contributed by atoms with van der Waals surface area (Å²) in [7, 11) is 0. The summed E-state index contributed by atoms with van der Waals surface area (Å²) in [6.07, 6.45) is 15.6. The van der Waals surface area contributed by atoms with Crippen LogP contribution in [0.3, 0.4) is 0 Å². The Morgan fingerprint density at radius 2 is 1.53 bits per heavy atom. The van der Waals surface area contributed by atoms with Gasteiger partial charge in [-0.25, -0.2) is 15.0 Å². The lowest BCUT2D eigenvalue weighted by Gasteiger charge is -2.48. The van der Waals surface area contributed by atoms with Crippen LogP contribution in [0.1, 0.15) is 140 Å². The van der Waals surface area contributed by atoms with Gasteiger partial charge >= 0.3 is 0 Å². The van der Waals surface area contributed by atoms with Gasteiger partial charge in [0.15, 0.2) is 0 Å². The van der Waals surface area contributed by atoms with Gasteiger partial charge < -0.3 is 38.5 Å². The van der Waals surface area contributed by atoms with Crippen molar-refractivity contribution in [2.75, 3.05) is 75.4 Å². The smallest absolute Gasteiger partial charge is 0.241 e. The number of hydrogen-bond donors (Lipinski definition) is 1. The first-order chi connectivity index (χ1) is 36.4. The minimum atomic E-state index is -0.715. The minimum absolute atomic E-state index is 0.00422. The zero-order valence-corrected chi connectivity index (χ0v) is 44.1. The lowest BCUT2D eigenvalue weighted by molar-refractivity contribution is -0.150. The first-order valence-corrected chi connectivity index (χ1v) is 28.3. The van der Waals surface area contributed by atoms with Gasteiger partial charge in [0.2, 0.25) is 35.4 Å². The Kier molecular flexibility index (Phi) is 13.4. The van der Waals surface area contributed by atoms with Crippen LogP contribution >= 0.6 is 0 Å². The number of imidazole rings is 1. The molecule has 1 aromatic carbocycles. The SMILES string of the molecule is CC(C)n1cnc2cc(-c3ccc4c(c3)N([C@H]3C[C@@H](N5CCCCC5)C3)C(=O)C43CCN(C(=O)C4(C)CCN(C(=O)C5CCN(c6ccc(C7CCC(=O)NC7=O)cn6)CC5)CC4)CC3)nc(OC3CCOCC3)c21. The highest BCUT2D eigenvalue weighted by atomic mass is 16.5. The third-order valence-corrected chi connectivity index (χ3v) is 18.8. The van der Waals surface area contributed by atoms with Crippen LogP contribution in [-0.4, -0.2) is 148 Å². The van der Waals surface area contributed by atoms with Crippen LogP contribution in [0.25, 0.3) is 22.3 Å². The largest absolute Gasteiger partial charge is 0.473 e. The summed E-state index contributed by atoms with van der Waals surface area (Å²) in [6, 6.07) is 13.2. The molecule has 7 fully saturated rings. The molecule has 4 aromatic rings. The fourth-order valence-electron chi connectivity index (χ4n) is 13.9. The normalized spacial score (nSPS) is 25.7. The number of nitrogens with zero attached hydrogens (tertiary/aromatic N) is 9. The number of anilines is 2. The molecule has 6 saturated heterocycles. The second kappa shape index (κ2) is 20.2. The fraction of sp³-hybridized carbons (Fsp3) is 0.621. The quantitative estimate of drug-likeness (QED) is 0.163. The maximum Gasteiger partial charge on any atom is 0.241 e. The van der Waals surface area contributed by atoms with Crippen molar-refractivity contribution in [1.82, 2.24) is 39.5 Å². The molecule has 17 heteroatoms. The molecule has 17 nitrogen and oxygen atoms in total. The predicted molar refractivity (Wildman–Crippen MR) is 283 cm³/mol. The predicted octanol–water partition coefficient (Wildman–Crippen LogP) is 6.92. The van der Waals surface area contributed by atoms with E-state index in [2.05, 4.69) is 74.6 Å². The molecule has 8 aliphatic rings. The van der Waals surface area contributed by atoms with Crippen LogP contribution in [0, 0.1) is 11.3 Å². The number of pyridine rings is 2. The second-order valence-corrected chi connectivity index (χ2v) is 23.6. The number of fused-ring (bicyclic) bond motifs is 3. The van der Waals surface area contributed by atoms with Crippen LogP contribution in [0.15, 0.2) is 48.9 Å². The number of nitrogens with one attached hydrogen (secondary N) is 1. The van der Waals surface area contributed by atoms with E-state index in [1.165, 1.54) is 19.3 Å². The Labute approximate surface area is 440 Å². The molecule has 10 heterocycles. The number of carbonyl (C=O) groups excluding carboxylic acids is 5. The Balaban J connectivity index is 0.714. The molecule has 12 rings (SSSR count). The number of imide groups is 1. The van der Waals surface area contributed by atoms with E-state index in [4.69, 9.17) is 19.4 Å². The number of aromatic nitrogens is 4. The third-order valence-electron chi connectivity index (χ3n) is 18.8. The number of likely N-dealkylation sites (tertiary alicyclic amines) is 3. The zero-order valence-electron chi connectivity index (χ0n) is 44.1. The van der Waals surface area contributed by atoms with E-state index in [1.54, 1.807) is 6.20 Å². The zero-order chi connectivity index (χ0) is 51.6. The lowest BCUT2D eigenvalue weighted by Crippen LogP contribution is -2.59. The molecule has 0 radical (unpaired) electrons. The van der Waals surface area contributed by atoms with E-state index >= 15 is 4.79 Å². The summed E-state index contributed by atoms with van der Waals surface area (Å²) in [5, 5.41) is 2.43. The first kappa shape index (κ1) is 49.9. The lowest BCUT2D eigenvalue weighted by atomic mass is 9.72. The van der Waals surface area contributed by atoms with E-state index in [-0.39, 0.29) is 59.6 Å². The summed E-state index contributed by atoms with van der Waals surface area (Å²) in [6.45, 7) is 13.5. The van der Waals surface area contributed by atoms with Crippen molar-refractivity contribution >= 4 is 52.1 Å². The highest BCUT2D eigenvalue weighted by Gasteiger charge is 2.57. The van der Waals surface area contributed by atoms with E-state index in [9.17, 15) is 19.2 Å². The summed E-state index contributed by atoms with van der Waals surface area (Å²) >= 11 is 0. The van der Waals surface area contributed by atoms with Crippen molar-refractivity contribution in [1.29, 1.82) is 0 Å². The number of ether oxygens (including phenoxy) is 2. The molecular formula is C58H74N10O7. The summed E-state index contributed by atoms with van der Waals surface area (Å²) in [5.74, 6) is 0.939. The number of benzene rings is 1.